The van der Waals surface area contributed by atoms with Crippen LogP contribution in [-0.4, -0.2) is 14.4 Å². The third-order valence-electron chi connectivity index (χ3n) is 4.50. The predicted molar refractivity (Wildman–Crippen MR) is 117 cm³/mol. The Kier molecular flexibility index (Phi) is 6.43. The van der Waals surface area contributed by atoms with Crippen molar-refractivity contribution in [3.8, 4) is 0 Å². The average molecular weight is 447 g/mol. The van der Waals surface area contributed by atoms with Gasteiger partial charge in [-0.15, -0.1) is 0 Å². The minimum Gasteiger partial charge on any atom is -0.308 e. The van der Waals surface area contributed by atoms with E-state index in [0.29, 0.717) is 33.1 Å². The highest BCUT2D eigenvalue weighted by molar-refractivity contribution is 7.90. The Morgan fingerprint density at radius 1 is 0.933 bits per heavy atom. The zero-order valence-corrected chi connectivity index (χ0v) is 17.9. The van der Waals surface area contributed by atoms with Gasteiger partial charge < -0.3 is 10.6 Å². The molecule has 0 aliphatic carbocycles. The zero-order valence-electron chi connectivity index (χ0n) is 16.4. The van der Waals surface area contributed by atoms with Crippen LogP contribution in [0.3, 0.4) is 0 Å². The zero-order chi connectivity index (χ0) is 21.9. The summed E-state index contributed by atoms with van der Waals surface area (Å²) in [6, 6.07) is 14.7. The third kappa shape index (κ3) is 5.37. The fourth-order valence-corrected chi connectivity index (χ4v) is 4.68. The van der Waals surface area contributed by atoms with Gasteiger partial charge >= 0.3 is 6.03 Å². The van der Waals surface area contributed by atoms with E-state index < -0.39 is 21.7 Å². The summed E-state index contributed by atoms with van der Waals surface area (Å²) in [6.45, 7) is 3.43. The van der Waals surface area contributed by atoms with Gasteiger partial charge in [-0.3, -0.25) is 0 Å². The normalized spacial score (nSPS) is 11.2. The Hall–Kier alpha value is -2.90. The van der Waals surface area contributed by atoms with Gasteiger partial charge in [0.15, 0.2) is 9.84 Å². The van der Waals surface area contributed by atoms with Crippen molar-refractivity contribution in [2.24, 2.45) is 0 Å². The first-order valence-corrected chi connectivity index (χ1v) is 11.1. The van der Waals surface area contributed by atoms with E-state index in [1.807, 2.05) is 0 Å². The van der Waals surface area contributed by atoms with Crippen LogP contribution >= 0.6 is 11.6 Å². The molecule has 8 heteroatoms. The second kappa shape index (κ2) is 8.85. The Morgan fingerprint density at radius 3 is 2.30 bits per heavy atom. The summed E-state index contributed by atoms with van der Waals surface area (Å²) in [6.07, 6.45) is 0. The molecule has 0 saturated heterocycles. The van der Waals surface area contributed by atoms with Crippen LogP contribution in [0.25, 0.3) is 0 Å². The van der Waals surface area contributed by atoms with E-state index in [4.69, 9.17) is 11.6 Å². The number of anilines is 2. The van der Waals surface area contributed by atoms with Gasteiger partial charge in [-0.2, -0.15) is 0 Å². The van der Waals surface area contributed by atoms with Crippen LogP contribution < -0.4 is 10.6 Å². The highest BCUT2D eigenvalue weighted by Crippen LogP contribution is 2.25. The van der Waals surface area contributed by atoms with E-state index in [1.54, 1.807) is 56.3 Å². The molecule has 0 aliphatic heterocycles. The lowest BCUT2D eigenvalue weighted by atomic mass is 10.2. The second-order valence-corrected chi connectivity index (χ2v) is 9.30. The summed E-state index contributed by atoms with van der Waals surface area (Å²) >= 11 is 5.85. The van der Waals surface area contributed by atoms with Gasteiger partial charge in [0, 0.05) is 16.4 Å². The number of sulfone groups is 1. The van der Waals surface area contributed by atoms with Crippen LogP contribution in [0, 0.1) is 19.7 Å². The molecular formula is C22H20ClFN2O3S. The quantitative estimate of drug-likeness (QED) is 0.526. The molecule has 3 aromatic carbocycles. The lowest BCUT2D eigenvalue weighted by Gasteiger charge is -2.13. The molecule has 5 nitrogen and oxygen atoms in total. The molecule has 0 saturated carbocycles. The van der Waals surface area contributed by atoms with Crippen molar-refractivity contribution in [1.29, 1.82) is 0 Å². The molecule has 156 valence electrons. The molecule has 2 amide bonds. The van der Waals surface area contributed by atoms with Crippen LogP contribution in [0.1, 0.15) is 16.7 Å². The van der Waals surface area contributed by atoms with Gasteiger partial charge in [0.05, 0.1) is 10.6 Å². The first-order chi connectivity index (χ1) is 14.1. The highest BCUT2D eigenvalue weighted by atomic mass is 35.5. The topological polar surface area (TPSA) is 75.3 Å². The Bertz CT molecular complexity index is 1200. The van der Waals surface area contributed by atoms with Crippen molar-refractivity contribution in [2.75, 3.05) is 10.6 Å². The molecule has 0 unspecified atom stereocenters. The van der Waals surface area contributed by atoms with Gasteiger partial charge in [-0.05, 0) is 66.9 Å². The number of amides is 2. The lowest BCUT2D eigenvalue weighted by Crippen LogP contribution is -2.20. The number of hydrogen-bond acceptors (Lipinski definition) is 3. The lowest BCUT2D eigenvalue weighted by molar-refractivity contribution is 0.262. The molecular weight excluding hydrogens is 427 g/mol. The molecule has 3 aromatic rings. The number of aryl methyl sites for hydroxylation is 2. The Balaban J connectivity index is 1.79. The van der Waals surface area contributed by atoms with Crippen molar-refractivity contribution in [3.63, 3.8) is 0 Å². The monoisotopic (exact) mass is 446 g/mol. The van der Waals surface area contributed by atoms with Gasteiger partial charge in [0.1, 0.15) is 5.82 Å². The Morgan fingerprint density at radius 2 is 1.60 bits per heavy atom. The minimum atomic E-state index is -3.65. The van der Waals surface area contributed by atoms with E-state index in [-0.39, 0.29) is 10.6 Å². The van der Waals surface area contributed by atoms with Gasteiger partial charge in [0.25, 0.3) is 0 Å². The SMILES string of the molecule is Cc1ccc(F)cc1NC(=O)Nc1ccc(C)c(S(=O)(=O)Cc2ccc(Cl)cc2)c1. The molecule has 2 N–H and O–H groups in total. The summed E-state index contributed by atoms with van der Waals surface area (Å²) in [7, 11) is -3.65. The Labute approximate surface area is 179 Å². The molecule has 30 heavy (non-hydrogen) atoms. The smallest absolute Gasteiger partial charge is 0.308 e. The molecule has 3 rings (SSSR count). The molecule has 0 spiro atoms. The number of carbonyl (C=O) groups excluding carboxylic acids is 1. The molecule has 0 radical (unpaired) electrons. The number of halogens is 2. The summed E-state index contributed by atoms with van der Waals surface area (Å²) in [4.78, 5) is 12.4. The largest absolute Gasteiger partial charge is 0.323 e. The predicted octanol–water partition coefficient (Wildman–Crippen LogP) is 5.71. The number of benzene rings is 3. The third-order valence-corrected chi connectivity index (χ3v) is 6.57. The molecule has 0 aromatic heterocycles. The van der Waals surface area contributed by atoms with Crippen LogP contribution in [0.2, 0.25) is 5.02 Å². The van der Waals surface area contributed by atoms with E-state index in [1.165, 1.54) is 18.2 Å². The number of nitrogens with one attached hydrogen (secondary N) is 2. The van der Waals surface area contributed by atoms with Gasteiger partial charge in [0.2, 0.25) is 0 Å². The van der Waals surface area contributed by atoms with Gasteiger partial charge in [-0.25, -0.2) is 17.6 Å². The fourth-order valence-electron chi connectivity index (χ4n) is 2.90. The average Bonchev–Trinajstić information content (AvgIpc) is 2.68. The van der Waals surface area contributed by atoms with E-state index in [9.17, 15) is 17.6 Å². The van der Waals surface area contributed by atoms with E-state index in [2.05, 4.69) is 10.6 Å². The number of rotatable bonds is 5. The van der Waals surface area contributed by atoms with Crippen molar-refractivity contribution in [1.82, 2.24) is 0 Å². The molecule has 0 fully saturated rings. The fraction of sp³-hybridized carbons (Fsp3) is 0.136. The van der Waals surface area contributed by atoms with E-state index >= 15 is 0 Å². The number of urea groups is 1. The molecule has 0 aliphatic rings. The minimum absolute atomic E-state index is 0.122. The number of carbonyl (C=O) groups is 1. The summed E-state index contributed by atoms with van der Waals surface area (Å²) < 4.78 is 39.2. The second-order valence-electron chi connectivity index (χ2n) is 6.90. The van der Waals surface area contributed by atoms with Crippen molar-refractivity contribution in [3.05, 3.63) is 88.2 Å². The van der Waals surface area contributed by atoms with Crippen LogP contribution in [0.5, 0.6) is 0 Å². The summed E-state index contributed by atoms with van der Waals surface area (Å²) in [5, 5.41) is 5.69. The maximum absolute atomic E-state index is 13.4. The maximum Gasteiger partial charge on any atom is 0.323 e. The highest BCUT2D eigenvalue weighted by Gasteiger charge is 2.19. The maximum atomic E-state index is 13.4. The molecule has 0 bridgehead atoms. The standard InChI is InChI=1S/C22H20ClFN2O3S/c1-14-3-9-18(24)11-20(14)26-22(27)25-19-10-4-15(2)21(12-19)30(28,29)13-16-5-7-17(23)8-6-16/h3-12H,13H2,1-2H3,(H2,25,26,27). The van der Waals surface area contributed by atoms with Crippen molar-refractivity contribution < 1.29 is 17.6 Å². The van der Waals surface area contributed by atoms with Crippen LogP contribution in [0.15, 0.2) is 65.6 Å². The number of hydrogen-bond donors (Lipinski definition) is 2. The van der Waals surface area contributed by atoms with Crippen LogP contribution in [0.4, 0.5) is 20.6 Å². The first-order valence-electron chi connectivity index (χ1n) is 9.06. The molecule has 0 heterocycles. The van der Waals surface area contributed by atoms with Crippen molar-refractivity contribution >= 4 is 38.8 Å². The molecule has 0 atom stereocenters. The van der Waals surface area contributed by atoms with Crippen LogP contribution in [-0.2, 0) is 15.6 Å². The van der Waals surface area contributed by atoms with Gasteiger partial charge in [-0.1, -0.05) is 35.9 Å². The van der Waals surface area contributed by atoms with E-state index in [0.717, 1.165) is 0 Å². The first kappa shape index (κ1) is 21.8. The summed E-state index contributed by atoms with van der Waals surface area (Å²) in [5.41, 5.74) is 2.51. The van der Waals surface area contributed by atoms with Crippen molar-refractivity contribution in [2.45, 2.75) is 24.5 Å². The summed E-state index contributed by atoms with van der Waals surface area (Å²) in [5.74, 6) is -0.662.